The molecular weight excluding hydrogens is 414 g/mol. The van der Waals surface area contributed by atoms with E-state index in [-0.39, 0.29) is 41.5 Å². The Bertz CT molecular complexity index is 1100. The van der Waals surface area contributed by atoms with Crippen molar-refractivity contribution >= 4 is 17.9 Å². The fraction of sp³-hybridized carbons (Fsp3) is 0.286. The molecule has 2 aliphatic rings. The summed E-state index contributed by atoms with van der Waals surface area (Å²) in [7, 11) is 0. The number of aromatic nitrogens is 1. The Hall–Kier alpha value is -3.45. The number of aliphatic imine (C=N–C) groups is 1. The average molecular weight is 431 g/mol. The predicted octanol–water partition coefficient (Wildman–Crippen LogP) is 2.95. The number of rotatable bonds is 4. The first-order valence-corrected chi connectivity index (χ1v) is 9.35. The van der Waals surface area contributed by atoms with Crippen LogP contribution in [0, 0.1) is 23.1 Å². The van der Waals surface area contributed by atoms with Crippen LogP contribution in [0.25, 0.3) is 11.9 Å². The molecule has 1 fully saturated rings. The molecule has 3 heterocycles. The first-order valence-electron chi connectivity index (χ1n) is 9.35. The normalized spacial score (nSPS) is 25.5. The minimum atomic E-state index is -2.78. The van der Waals surface area contributed by atoms with E-state index in [0.29, 0.717) is 0 Å². The molecule has 0 spiro atoms. The van der Waals surface area contributed by atoms with E-state index in [0.717, 1.165) is 12.1 Å². The molecule has 0 saturated carbocycles. The Morgan fingerprint density at radius 1 is 1.35 bits per heavy atom. The van der Waals surface area contributed by atoms with Crippen LogP contribution in [0.2, 0.25) is 0 Å². The summed E-state index contributed by atoms with van der Waals surface area (Å²) in [5.41, 5.74) is 5.02. The maximum Gasteiger partial charge on any atom is 0.264 e. The van der Waals surface area contributed by atoms with Gasteiger partial charge in [0, 0.05) is 17.7 Å². The standard InChI is InChI=1S/C21H17F4N5O/c22-15-3-1-11(6-16(23)17-4-2-12(7-26)8-28-17)5-13(15)21-10-31-18(19(24)25)14(21)9-29-20(27)30-21/h1-6,8,14,18-19H,9-10H2,(H3,27,29,30)/b16-6-/t14-,18+,21-/m0/s1. The summed E-state index contributed by atoms with van der Waals surface area (Å²) in [5, 5.41) is 11.6. The van der Waals surface area contributed by atoms with E-state index in [9.17, 15) is 17.6 Å². The molecule has 160 valence electrons. The first kappa shape index (κ1) is 20.8. The second kappa shape index (κ2) is 8.00. The zero-order valence-corrected chi connectivity index (χ0v) is 16.0. The molecule has 0 radical (unpaired) electrons. The quantitative estimate of drug-likeness (QED) is 0.726. The van der Waals surface area contributed by atoms with Gasteiger partial charge in [-0.1, -0.05) is 6.07 Å². The van der Waals surface area contributed by atoms with Crippen molar-refractivity contribution in [2.45, 2.75) is 18.1 Å². The van der Waals surface area contributed by atoms with Gasteiger partial charge < -0.3 is 15.8 Å². The SMILES string of the molecule is N#Cc1ccc(/C(F)=C/c2ccc(F)c([C@@]34CO[C@@H](C(F)F)[C@@H]3CN=C(N)N4)c2)nc1. The molecule has 3 N–H and O–H groups in total. The number of hydrogen-bond donors (Lipinski definition) is 2. The number of benzene rings is 1. The van der Waals surface area contributed by atoms with Gasteiger partial charge in [-0.05, 0) is 35.9 Å². The third kappa shape index (κ3) is 3.72. The summed E-state index contributed by atoms with van der Waals surface area (Å²) in [6.45, 7) is -0.302. The van der Waals surface area contributed by atoms with Gasteiger partial charge in [-0.3, -0.25) is 9.98 Å². The minimum Gasteiger partial charge on any atom is -0.370 e. The van der Waals surface area contributed by atoms with Gasteiger partial charge in [-0.2, -0.15) is 5.26 Å². The molecule has 0 amide bonds. The van der Waals surface area contributed by atoms with Crippen molar-refractivity contribution in [3.8, 4) is 6.07 Å². The van der Waals surface area contributed by atoms with E-state index in [1.807, 2.05) is 6.07 Å². The van der Waals surface area contributed by atoms with Crippen LogP contribution >= 0.6 is 0 Å². The second-order valence-electron chi connectivity index (χ2n) is 7.31. The number of nitriles is 1. The minimum absolute atomic E-state index is 0.00459. The number of ether oxygens (including phenoxy) is 1. The van der Waals surface area contributed by atoms with Gasteiger partial charge in [0.05, 0.1) is 29.9 Å². The van der Waals surface area contributed by atoms with Crippen molar-refractivity contribution < 1.29 is 22.3 Å². The molecule has 1 aromatic carbocycles. The van der Waals surface area contributed by atoms with Crippen LogP contribution in [0.1, 0.15) is 22.4 Å². The van der Waals surface area contributed by atoms with E-state index in [1.165, 1.54) is 30.5 Å². The third-order valence-corrected chi connectivity index (χ3v) is 5.49. The Morgan fingerprint density at radius 2 is 2.16 bits per heavy atom. The Labute approximate surface area is 175 Å². The van der Waals surface area contributed by atoms with Crippen LogP contribution in [0.3, 0.4) is 0 Å². The van der Waals surface area contributed by atoms with Gasteiger partial charge in [0.1, 0.15) is 23.8 Å². The second-order valence-corrected chi connectivity index (χ2v) is 7.31. The number of nitrogens with one attached hydrogen (secondary N) is 1. The molecule has 1 saturated heterocycles. The average Bonchev–Trinajstić information content (AvgIpc) is 3.14. The van der Waals surface area contributed by atoms with Crippen LogP contribution in [0.4, 0.5) is 17.6 Å². The summed E-state index contributed by atoms with van der Waals surface area (Å²) in [6.07, 6.45) is -1.85. The fourth-order valence-electron chi connectivity index (χ4n) is 3.97. The number of fused-ring (bicyclic) bond motifs is 1. The first-order chi connectivity index (χ1) is 14.8. The van der Waals surface area contributed by atoms with Crippen molar-refractivity contribution in [1.82, 2.24) is 10.3 Å². The zero-order chi connectivity index (χ0) is 22.2. The highest BCUT2D eigenvalue weighted by molar-refractivity contribution is 5.80. The number of nitrogens with two attached hydrogens (primary N) is 1. The number of guanidine groups is 1. The molecule has 1 aromatic heterocycles. The van der Waals surface area contributed by atoms with Crippen molar-refractivity contribution in [2.24, 2.45) is 16.6 Å². The molecule has 10 heteroatoms. The number of pyridine rings is 1. The molecule has 0 bridgehead atoms. The van der Waals surface area contributed by atoms with Crippen LogP contribution in [0.15, 0.2) is 41.5 Å². The van der Waals surface area contributed by atoms with Gasteiger partial charge >= 0.3 is 0 Å². The number of alkyl halides is 2. The highest BCUT2D eigenvalue weighted by atomic mass is 19.3. The van der Waals surface area contributed by atoms with Gasteiger partial charge in [-0.15, -0.1) is 0 Å². The molecule has 6 nitrogen and oxygen atoms in total. The summed E-state index contributed by atoms with van der Waals surface area (Å²) in [6, 6.07) is 8.52. The smallest absolute Gasteiger partial charge is 0.264 e. The summed E-state index contributed by atoms with van der Waals surface area (Å²) >= 11 is 0. The highest BCUT2D eigenvalue weighted by Gasteiger charge is 2.56. The summed E-state index contributed by atoms with van der Waals surface area (Å²) in [4.78, 5) is 7.85. The predicted molar refractivity (Wildman–Crippen MR) is 105 cm³/mol. The van der Waals surface area contributed by atoms with E-state index in [4.69, 9.17) is 15.7 Å². The van der Waals surface area contributed by atoms with Gasteiger partial charge in [0.15, 0.2) is 5.96 Å². The molecular formula is C21H17F4N5O. The monoisotopic (exact) mass is 431 g/mol. The van der Waals surface area contributed by atoms with Crippen LogP contribution in [-0.4, -0.2) is 36.6 Å². The van der Waals surface area contributed by atoms with Crippen LogP contribution in [0.5, 0.6) is 0 Å². The van der Waals surface area contributed by atoms with E-state index in [1.54, 1.807) is 0 Å². The largest absolute Gasteiger partial charge is 0.370 e. The maximum absolute atomic E-state index is 14.9. The van der Waals surface area contributed by atoms with E-state index < -0.39 is 35.6 Å². The molecule has 2 aliphatic heterocycles. The topological polar surface area (TPSA) is 96.3 Å². The molecule has 2 aromatic rings. The van der Waals surface area contributed by atoms with E-state index >= 15 is 0 Å². The van der Waals surface area contributed by atoms with Gasteiger partial charge in [-0.25, -0.2) is 17.6 Å². The maximum atomic E-state index is 14.9. The van der Waals surface area contributed by atoms with Crippen molar-refractivity contribution in [3.05, 3.63) is 64.7 Å². The summed E-state index contributed by atoms with van der Waals surface area (Å²) < 4.78 is 61.8. The van der Waals surface area contributed by atoms with Crippen molar-refractivity contribution in [2.75, 3.05) is 13.2 Å². The lowest BCUT2D eigenvalue weighted by molar-refractivity contribution is -0.0379. The molecule has 0 unspecified atom stereocenters. The Morgan fingerprint density at radius 3 is 2.84 bits per heavy atom. The van der Waals surface area contributed by atoms with Gasteiger partial charge in [0.25, 0.3) is 6.43 Å². The lowest BCUT2D eigenvalue weighted by Gasteiger charge is -2.39. The highest BCUT2D eigenvalue weighted by Crippen LogP contribution is 2.44. The fourth-order valence-corrected chi connectivity index (χ4v) is 3.97. The number of halogens is 4. The zero-order valence-electron chi connectivity index (χ0n) is 16.0. The van der Waals surface area contributed by atoms with Crippen molar-refractivity contribution in [3.63, 3.8) is 0 Å². The van der Waals surface area contributed by atoms with Crippen LogP contribution in [-0.2, 0) is 10.3 Å². The molecule has 0 aliphatic carbocycles. The van der Waals surface area contributed by atoms with E-state index in [2.05, 4.69) is 15.3 Å². The summed E-state index contributed by atoms with van der Waals surface area (Å²) in [5.74, 6) is -2.25. The van der Waals surface area contributed by atoms with Crippen LogP contribution < -0.4 is 11.1 Å². The van der Waals surface area contributed by atoms with Gasteiger partial charge in [0.2, 0.25) is 0 Å². The lowest BCUT2D eigenvalue weighted by Crippen LogP contribution is -2.59. The Kier molecular flexibility index (Phi) is 5.37. The lowest BCUT2D eigenvalue weighted by atomic mass is 9.76. The molecule has 4 rings (SSSR count). The Balaban J connectivity index is 1.73. The molecule has 3 atom stereocenters. The third-order valence-electron chi connectivity index (χ3n) is 5.49. The molecule has 31 heavy (non-hydrogen) atoms. The number of hydrogen-bond acceptors (Lipinski definition) is 6. The number of nitrogens with zero attached hydrogens (tertiary/aromatic N) is 3. The van der Waals surface area contributed by atoms with Crippen molar-refractivity contribution in [1.29, 1.82) is 5.26 Å².